The summed E-state index contributed by atoms with van der Waals surface area (Å²) in [6.45, 7) is 6.24. The van der Waals surface area contributed by atoms with Crippen molar-refractivity contribution in [1.82, 2.24) is 9.38 Å². The molecular formula is C18H18N2O2. The minimum Gasteiger partial charge on any atom is -0.487 e. The van der Waals surface area contributed by atoms with E-state index in [9.17, 15) is 4.79 Å². The van der Waals surface area contributed by atoms with Crippen molar-refractivity contribution in [3.8, 4) is 5.75 Å². The first-order valence-electron chi connectivity index (χ1n) is 7.23. The second-order valence-electron chi connectivity index (χ2n) is 5.43. The van der Waals surface area contributed by atoms with E-state index >= 15 is 0 Å². The number of aryl methyl sites for hydroxylation is 2. The van der Waals surface area contributed by atoms with E-state index in [-0.39, 0.29) is 12.2 Å². The lowest BCUT2D eigenvalue weighted by Gasteiger charge is -2.11. The summed E-state index contributed by atoms with van der Waals surface area (Å²) in [7, 11) is 0. The summed E-state index contributed by atoms with van der Waals surface area (Å²) in [5.74, 6) is 0.825. The fourth-order valence-corrected chi connectivity index (χ4v) is 2.47. The maximum absolute atomic E-state index is 12.2. The number of fused-ring (bicyclic) bond motifs is 1. The number of nitrogens with zero attached hydrogens (tertiary/aromatic N) is 2. The van der Waals surface area contributed by atoms with Crippen LogP contribution < -0.4 is 10.3 Å². The molecule has 1 aromatic carbocycles. The van der Waals surface area contributed by atoms with Crippen molar-refractivity contribution < 1.29 is 4.74 Å². The molecule has 3 rings (SSSR count). The lowest BCUT2D eigenvalue weighted by molar-refractivity contribution is 0.299. The van der Waals surface area contributed by atoms with Gasteiger partial charge in [-0.3, -0.25) is 9.20 Å². The second kappa shape index (κ2) is 5.64. The van der Waals surface area contributed by atoms with Crippen LogP contribution in [0.25, 0.3) is 5.65 Å². The van der Waals surface area contributed by atoms with Crippen molar-refractivity contribution in [2.24, 2.45) is 0 Å². The Morgan fingerprint density at radius 1 is 1.09 bits per heavy atom. The number of hydrogen-bond acceptors (Lipinski definition) is 3. The Hall–Kier alpha value is -2.62. The van der Waals surface area contributed by atoms with Crippen molar-refractivity contribution in [2.75, 3.05) is 0 Å². The molecule has 0 aliphatic carbocycles. The van der Waals surface area contributed by atoms with Crippen LogP contribution in [0.5, 0.6) is 5.75 Å². The highest BCUT2D eigenvalue weighted by atomic mass is 16.5. The zero-order chi connectivity index (χ0) is 15.7. The van der Waals surface area contributed by atoms with Gasteiger partial charge in [0, 0.05) is 11.8 Å². The molecule has 0 saturated carbocycles. The van der Waals surface area contributed by atoms with E-state index in [2.05, 4.69) is 4.98 Å². The fraction of sp³-hybridized carbons (Fsp3) is 0.222. The zero-order valence-electron chi connectivity index (χ0n) is 13.0. The summed E-state index contributed by atoms with van der Waals surface area (Å²) in [5.41, 5.74) is 4.36. The molecule has 0 amide bonds. The Morgan fingerprint density at radius 2 is 1.86 bits per heavy atom. The van der Waals surface area contributed by atoms with E-state index in [4.69, 9.17) is 4.74 Å². The van der Waals surface area contributed by atoms with Crippen molar-refractivity contribution in [1.29, 1.82) is 0 Å². The zero-order valence-corrected chi connectivity index (χ0v) is 13.0. The molecule has 0 radical (unpaired) electrons. The predicted octanol–water partition coefficient (Wildman–Crippen LogP) is 3.20. The molecule has 112 valence electrons. The largest absolute Gasteiger partial charge is 0.487 e. The average Bonchev–Trinajstić information content (AvgIpc) is 2.48. The van der Waals surface area contributed by atoms with Gasteiger partial charge in [0.15, 0.2) is 0 Å². The molecule has 4 heteroatoms. The second-order valence-corrected chi connectivity index (χ2v) is 5.43. The predicted molar refractivity (Wildman–Crippen MR) is 86.4 cm³/mol. The fourth-order valence-electron chi connectivity index (χ4n) is 2.47. The summed E-state index contributed by atoms with van der Waals surface area (Å²) in [4.78, 5) is 16.7. The van der Waals surface area contributed by atoms with Crippen LogP contribution in [-0.4, -0.2) is 9.38 Å². The van der Waals surface area contributed by atoms with E-state index in [1.54, 1.807) is 4.40 Å². The van der Waals surface area contributed by atoms with E-state index in [0.717, 1.165) is 17.0 Å². The molecule has 22 heavy (non-hydrogen) atoms. The molecule has 0 unspecified atom stereocenters. The number of aromatic nitrogens is 2. The summed E-state index contributed by atoms with van der Waals surface area (Å²) in [6.07, 6.45) is 0. The molecule has 2 heterocycles. The van der Waals surface area contributed by atoms with Crippen LogP contribution in [0.4, 0.5) is 0 Å². The van der Waals surface area contributed by atoms with Crippen LogP contribution in [0, 0.1) is 20.8 Å². The van der Waals surface area contributed by atoms with E-state index in [1.165, 1.54) is 11.6 Å². The highest BCUT2D eigenvalue weighted by Gasteiger charge is 2.06. The molecule has 2 aromatic heterocycles. The van der Waals surface area contributed by atoms with Gasteiger partial charge >= 0.3 is 0 Å². The van der Waals surface area contributed by atoms with Crippen LogP contribution in [0.1, 0.15) is 22.5 Å². The van der Waals surface area contributed by atoms with Gasteiger partial charge in [-0.15, -0.1) is 0 Å². The van der Waals surface area contributed by atoms with E-state index in [1.807, 2.05) is 57.2 Å². The Kier molecular flexibility index (Phi) is 3.67. The normalized spacial score (nSPS) is 10.9. The number of pyridine rings is 1. The summed E-state index contributed by atoms with van der Waals surface area (Å²) in [5, 5.41) is 0. The van der Waals surface area contributed by atoms with Gasteiger partial charge in [0.25, 0.3) is 5.56 Å². The first kappa shape index (κ1) is 14.3. The van der Waals surface area contributed by atoms with Crippen LogP contribution in [0.2, 0.25) is 0 Å². The van der Waals surface area contributed by atoms with E-state index < -0.39 is 0 Å². The molecule has 4 nitrogen and oxygen atoms in total. The number of hydrogen-bond donors (Lipinski definition) is 0. The lowest BCUT2D eigenvalue weighted by Crippen LogP contribution is -2.18. The topological polar surface area (TPSA) is 43.6 Å². The maximum atomic E-state index is 12.2. The molecule has 0 bridgehead atoms. The monoisotopic (exact) mass is 294 g/mol. The minimum atomic E-state index is -0.0809. The first-order valence-corrected chi connectivity index (χ1v) is 7.23. The van der Waals surface area contributed by atoms with E-state index in [0.29, 0.717) is 11.3 Å². The molecule has 0 fully saturated rings. The Bertz CT molecular complexity index is 897. The number of benzene rings is 1. The molecule has 3 aromatic rings. The quantitative estimate of drug-likeness (QED) is 0.745. The van der Waals surface area contributed by atoms with Crippen LogP contribution in [0.15, 0.2) is 47.3 Å². The average molecular weight is 294 g/mol. The SMILES string of the molecule is Cc1cccc(OCc2cc(=O)n3c(C)cccc3n2)c1C. The van der Waals surface area contributed by atoms with Gasteiger partial charge in [-0.1, -0.05) is 18.2 Å². The van der Waals surface area contributed by atoms with Crippen molar-refractivity contribution in [3.63, 3.8) is 0 Å². The molecule has 0 N–H and O–H groups in total. The van der Waals surface area contributed by atoms with Gasteiger partial charge in [0.05, 0.1) is 5.69 Å². The van der Waals surface area contributed by atoms with Gasteiger partial charge in [-0.25, -0.2) is 4.98 Å². The molecule has 0 saturated heterocycles. The smallest absolute Gasteiger partial charge is 0.258 e. The highest BCUT2D eigenvalue weighted by molar-refractivity contribution is 5.41. The van der Waals surface area contributed by atoms with Crippen molar-refractivity contribution in [2.45, 2.75) is 27.4 Å². The Balaban J connectivity index is 1.92. The summed E-state index contributed by atoms with van der Waals surface area (Å²) < 4.78 is 7.43. The molecular weight excluding hydrogens is 276 g/mol. The van der Waals surface area contributed by atoms with Gasteiger partial charge in [-0.05, 0) is 50.1 Å². The van der Waals surface area contributed by atoms with Crippen LogP contribution >= 0.6 is 0 Å². The van der Waals surface area contributed by atoms with Crippen molar-refractivity contribution >= 4 is 5.65 Å². The first-order chi connectivity index (χ1) is 10.6. The summed E-state index contributed by atoms with van der Waals surface area (Å²) >= 11 is 0. The molecule has 0 atom stereocenters. The third-order valence-electron chi connectivity index (χ3n) is 3.86. The number of ether oxygens (including phenoxy) is 1. The van der Waals surface area contributed by atoms with Crippen LogP contribution in [0.3, 0.4) is 0 Å². The van der Waals surface area contributed by atoms with Gasteiger partial charge in [0.1, 0.15) is 18.0 Å². The van der Waals surface area contributed by atoms with Crippen LogP contribution in [-0.2, 0) is 6.61 Å². The Morgan fingerprint density at radius 3 is 2.68 bits per heavy atom. The van der Waals surface area contributed by atoms with Gasteiger partial charge in [0.2, 0.25) is 0 Å². The molecule has 0 spiro atoms. The molecule has 0 aliphatic heterocycles. The lowest BCUT2D eigenvalue weighted by atomic mass is 10.1. The van der Waals surface area contributed by atoms with Crippen molar-refractivity contribution in [3.05, 3.63) is 75.3 Å². The van der Waals surface area contributed by atoms with Gasteiger partial charge < -0.3 is 4.74 Å². The Labute approximate surface area is 129 Å². The minimum absolute atomic E-state index is 0.0809. The third kappa shape index (κ3) is 2.60. The van der Waals surface area contributed by atoms with Gasteiger partial charge in [-0.2, -0.15) is 0 Å². The number of rotatable bonds is 3. The molecule has 0 aliphatic rings. The third-order valence-corrected chi connectivity index (χ3v) is 3.86. The highest BCUT2D eigenvalue weighted by Crippen LogP contribution is 2.21. The summed E-state index contributed by atoms with van der Waals surface area (Å²) in [6, 6.07) is 13.1. The maximum Gasteiger partial charge on any atom is 0.258 e. The standard InChI is InChI=1S/C18H18N2O2/c1-12-6-4-8-16(14(12)3)22-11-15-10-18(21)20-13(2)7-5-9-17(20)19-15/h4-10H,11H2,1-3H3.